The van der Waals surface area contributed by atoms with Gasteiger partial charge in [-0.15, -0.1) is 0 Å². The fraction of sp³-hybridized carbons (Fsp3) is 0.118. The zero-order chi connectivity index (χ0) is 17.5. The summed E-state index contributed by atoms with van der Waals surface area (Å²) in [6, 6.07) is 10.8. The van der Waals surface area contributed by atoms with Crippen LogP contribution < -0.4 is 15.4 Å². The van der Waals surface area contributed by atoms with E-state index < -0.39 is 5.91 Å². The number of nitriles is 1. The first-order valence-corrected chi connectivity index (χ1v) is 7.77. The van der Waals surface area contributed by atoms with Crippen LogP contribution in [0.4, 0.5) is 11.5 Å². The quantitative estimate of drug-likeness (QED) is 0.605. The number of halogens is 1. The maximum atomic E-state index is 12.3. The molecule has 0 saturated carbocycles. The van der Waals surface area contributed by atoms with E-state index in [1.165, 1.54) is 13.3 Å². The largest absolute Gasteiger partial charge is 0.495 e. The van der Waals surface area contributed by atoms with Gasteiger partial charge in [-0.3, -0.25) is 4.79 Å². The minimum Gasteiger partial charge on any atom is -0.495 e. The molecule has 0 unspecified atom stereocenters. The highest BCUT2D eigenvalue weighted by Crippen LogP contribution is 2.25. The van der Waals surface area contributed by atoms with Crippen molar-refractivity contribution in [2.45, 2.75) is 6.92 Å². The Labute approximate surface area is 148 Å². The number of hydrogen-bond donors (Lipinski definition) is 2. The van der Waals surface area contributed by atoms with Crippen LogP contribution >= 0.6 is 15.9 Å². The van der Waals surface area contributed by atoms with Gasteiger partial charge in [-0.1, -0.05) is 6.07 Å². The Morgan fingerprint density at radius 2 is 2.17 bits per heavy atom. The van der Waals surface area contributed by atoms with Gasteiger partial charge >= 0.3 is 0 Å². The Morgan fingerprint density at radius 3 is 2.79 bits per heavy atom. The minimum absolute atomic E-state index is 0.0803. The molecule has 2 aromatic rings. The van der Waals surface area contributed by atoms with E-state index >= 15 is 0 Å². The molecule has 122 valence electrons. The summed E-state index contributed by atoms with van der Waals surface area (Å²) in [7, 11) is 1.52. The second-order valence-corrected chi connectivity index (χ2v) is 5.75. The molecule has 0 spiro atoms. The van der Waals surface area contributed by atoms with Gasteiger partial charge in [-0.25, -0.2) is 4.98 Å². The first-order valence-electron chi connectivity index (χ1n) is 6.98. The molecule has 0 fully saturated rings. The van der Waals surface area contributed by atoms with Gasteiger partial charge in [0.25, 0.3) is 5.91 Å². The molecule has 1 aromatic carbocycles. The Morgan fingerprint density at radius 1 is 1.38 bits per heavy atom. The van der Waals surface area contributed by atoms with Crippen LogP contribution in [0.1, 0.15) is 5.56 Å². The van der Waals surface area contributed by atoms with Gasteiger partial charge in [0.05, 0.1) is 12.8 Å². The number of nitrogens with one attached hydrogen (secondary N) is 2. The van der Waals surface area contributed by atoms with Crippen LogP contribution in [0.5, 0.6) is 5.75 Å². The van der Waals surface area contributed by atoms with Crippen LogP contribution in [0.2, 0.25) is 0 Å². The summed E-state index contributed by atoms with van der Waals surface area (Å²) in [5.74, 6) is 0.506. The Bertz CT molecular complexity index is 810. The number of anilines is 2. The van der Waals surface area contributed by atoms with Gasteiger partial charge in [-0.2, -0.15) is 5.26 Å². The lowest BCUT2D eigenvalue weighted by Crippen LogP contribution is -2.15. The highest BCUT2D eigenvalue weighted by molar-refractivity contribution is 9.10. The molecule has 1 heterocycles. The molecule has 0 atom stereocenters. The lowest BCUT2D eigenvalue weighted by atomic mass is 10.2. The lowest BCUT2D eigenvalue weighted by molar-refractivity contribution is -0.112. The normalized spacial score (nSPS) is 10.7. The van der Waals surface area contributed by atoms with Gasteiger partial charge < -0.3 is 15.4 Å². The minimum atomic E-state index is -0.536. The predicted octanol–water partition coefficient (Wildman–Crippen LogP) is 3.62. The van der Waals surface area contributed by atoms with Crippen molar-refractivity contribution in [2.24, 2.45) is 0 Å². The molecular weight excluding hydrogens is 372 g/mol. The molecule has 7 heteroatoms. The van der Waals surface area contributed by atoms with E-state index in [4.69, 9.17) is 4.74 Å². The molecule has 2 rings (SSSR count). The summed E-state index contributed by atoms with van der Waals surface area (Å²) in [4.78, 5) is 16.4. The molecule has 24 heavy (non-hydrogen) atoms. The molecule has 0 aliphatic heterocycles. The highest BCUT2D eigenvalue weighted by atomic mass is 79.9. The van der Waals surface area contributed by atoms with Gasteiger partial charge in [0.2, 0.25) is 0 Å². The van der Waals surface area contributed by atoms with Crippen molar-refractivity contribution in [1.29, 1.82) is 5.26 Å². The number of nitrogens with zero attached hydrogens (tertiary/aromatic N) is 2. The number of rotatable bonds is 5. The fourth-order valence-electron chi connectivity index (χ4n) is 1.87. The summed E-state index contributed by atoms with van der Waals surface area (Å²) in [5.41, 5.74) is 1.39. The van der Waals surface area contributed by atoms with Crippen LogP contribution in [0.3, 0.4) is 0 Å². The summed E-state index contributed by atoms with van der Waals surface area (Å²) >= 11 is 3.28. The second kappa shape index (κ2) is 8.13. The van der Waals surface area contributed by atoms with E-state index in [1.807, 2.05) is 19.1 Å². The molecule has 1 amide bonds. The molecular formula is C17H15BrN4O2. The van der Waals surface area contributed by atoms with Crippen LogP contribution in [0.25, 0.3) is 0 Å². The van der Waals surface area contributed by atoms with E-state index in [1.54, 1.807) is 30.5 Å². The van der Waals surface area contributed by atoms with Gasteiger partial charge in [0.1, 0.15) is 23.2 Å². The third-order valence-corrected chi connectivity index (χ3v) is 3.53. The van der Waals surface area contributed by atoms with Crippen molar-refractivity contribution < 1.29 is 9.53 Å². The zero-order valence-corrected chi connectivity index (χ0v) is 14.7. The monoisotopic (exact) mass is 386 g/mol. The molecule has 0 aliphatic rings. The number of ether oxygens (including phenoxy) is 1. The van der Waals surface area contributed by atoms with Crippen LogP contribution in [-0.2, 0) is 4.79 Å². The van der Waals surface area contributed by atoms with Crippen LogP contribution in [0, 0.1) is 18.3 Å². The average Bonchev–Trinajstić information content (AvgIpc) is 2.57. The van der Waals surface area contributed by atoms with Crippen LogP contribution in [-0.4, -0.2) is 18.0 Å². The molecule has 6 nitrogen and oxygen atoms in total. The Balaban J connectivity index is 2.14. The van der Waals surface area contributed by atoms with Crippen molar-refractivity contribution >= 4 is 33.3 Å². The molecule has 0 aliphatic carbocycles. The molecule has 1 aromatic heterocycles. The molecule has 0 bridgehead atoms. The number of pyridine rings is 1. The highest BCUT2D eigenvalue weighted by Gasteiger charge is 2.12. The predicted molar refractivity (Wildman–Crippen MR) is 95.6 cm³/mol. The molecule has 2 N–H and O–H groups in total. The number of benzene rings is 1. The first kappa shape index (κ1) is 17.5. The van der Waals surface area contributed by atoms with Gasteiger partial charge in [-0.05, 0) is 52.7 Å². The molecule has 0 saturated heterocycles. The number of carbonyl (C=O) groups is 1. The average molecular weight is 387 g/mol. The van der Waals surface area contributed by atoms with E-state index in [0.29, 0.717) is 17.3 Å². The number of methoxy groups -OCH3 is 1. The number of carbonyl (C=O) groups excluding carboxylic acids is 1. The van der Waals surface area contributed by atoms with Gasteiger partial charge in [0, 0.05) is 16.9 Å². The van der Waals surface area contributed by atoms with E-state index in [0.717, 1.165) is 10.0 Å². The number of amides is 1. The molecule has 0 radical (unpaired) electrons. The summed E-state index contributed by atoms with van der Waals surface area (Å²) in [6.07, 6.45) is 2.92. The number of aromatic nitrogens is 1. The second-order valence-electron chi connectivity index (χ2n) is 4.83. The van der Waals surface area contributed by atoms with Crippen molar-refractivity contribution in [3.8, 4) is 11.8 Å². The fourth-order valence-corrected chi connectivity index (χ4v) is 2.10. The van der Waals surface area contributed by atoms with Crippen LogP contribution in [0.15, 0.2) is 52.8 Å². The number of aryl methyl sites for hydroxylation is 1. The smallest absolute Gasteiger partial charge is 0.267 e. The first-order chi connectivity index (χ1) is 11.5. The third-order valence-electron chi connectivity index (χ3n) is 3.06. The summed E-state index contributed by atoms with van der Waals surface area (Å²) in [6.45, 7) is 1.90. The summed E-state index contributed by atoms with van der Waals surface area (Å²) in [5, 5.41) is 14.7. The lowest BCUT2D eigenvalue weighted by Gasteiger charge is -2.10. The zero-order valence-electron chi connectivity index (χ0n) is 13.1. The van der Waals surface area contributed by atoms with Crippen molar-refractivity contribution in [3.05, 3.63) is 58.3 Å². The van der Waals surface area contributed by atoms with E-state index in [9.17, 15) is 10.1 Å². The van der Waals surface area contributed by atoms with E-state index in [-0.39, 0.29) is 5.57 Å². The maximum absolute atomic E-state index is 12.3. The SMILES string of the molecule is COc1ccc(C)cc1NC(=O)/C(C#N)=C\Nc1ccc(Br)cn1. The van der Waals surface area contributed by atoms with E-state index in [2.05, 4.69) is 31.5 Å². The Hall–Kier alpha value is -2.85. The third kappa shape index (κ3) is 4.57. The van der Waals surface area contributed by atoms with Crippen molar-refractivity contribution in [3.63, 3.8) is 0 Å². The number of hydrogen-bond acceptors (Lipinski definition) is 5. The topological polar surface area (TPSA) is 87.0 Å². The maximum Gasteiger partial charge on any atom is 0.267 e. The van der Waals surface area contributed by atoms with Crippen molar-refractivity contribution in [1.82, 2.24) is 4.98 Å². The Kier molecular flexibility index (Phi) is 5.93. The standard InChI is InChI=1S/C17H15BrN4O2/c1-11-3-5-15(24-2)14(7-11)22-17(23)12(8-19)9-20-16-6-4-13(18)10-21-16/h3-7,9-10H,1-2H3,(H,20,21)(H,22,23)/b12-9-. The summed E-state index contributed by atoms with van der Waals surface area (Å²) < 4.78 is 6.04. The van der Waals surface area contributed by atoms with Gasteiger partial charge in [0.15, 0.2) is 0 Å². The van der Waals surface area contributed by atoms with Crippen molar-refractivity contribution in [2.75, 3.05) is 17.7 Å².